The van der Waals surface area contributed by atoms with Crippen LogP contribution in [0.1, 0.15) is 58.1 Å². The maximum atomic E-state index is 13.2. The van der Waals surface area contributed by atoms with Gasteiger partial charge in [0, 0.05) is 6.04 Å². The second kappa shape index (κ2) is 7.85. The maximum absolute atomic E-state index is 13.2. The molecule has 0 aliphatic heterocycles. The fraction of sp³-hybridized carbons (Fsp3) is 0.579. The third-order valence-corrected chi connectivity index (χ3v) is 4.76. The predicted molar refractivity (Wildman–Crippen MR) is 93.6 cm³/mol. The molecule has 0 heterocycles. The molecule has 1 aliphatic rings. The highest BCUT2D eigenvalue weighted by molar-refractivity contribution is 5.75. The normalized spacial score (nSPS) is 22.1. The van der Waals surface area contributed by atoms with Gasteiger partial charge in [0.2, 0.25) is 0 Å². The molecule has 1 saturated carbocycles. The Hall–Kier alpha value is -2.11. The molecule has 0 aromatic heterocycles. The Labute approximate surface area is 148 Å². The third-order valence-electron chi connectivity index (χ3n) is 4.76. The highest BCUT2D eigenvalue weighted by Gasteiger charge is 2.30. The molecule has 5 nitrogen and oxygen atoms in total. The van der Waals surface area contributed by atoms with E-state index in [2.05, 4.69) is 10.6 Å². The minimum atomic E-state index is -0.757. The van der Waals surface area contributed by atoms with E-state index < -0.39 is 5.97 Å². The van der Waals surface area contributed by atoms with Gasteiger partial charge in [-0.1, -0.05) is 32.9 Å². The molecule has 1 aliphatic carbocycles. The monoisotopic (exact) mass is 350 g/mol. The van der Waals surface area contributed by atoms with Gasteiger partial charge in [-0.05, 0) is 48.8 Å². The number of nitrogens with one attached hydrogen (secondary N) is 2. The van der Waals surface area contributed by atoms with Crippen molar-refractivity contribution in [3.05, 3.63) is 35.6 Å². The first kappa shape index (κ1) is 19.2. The van der Waals surface area contributed by atoms with Gasteiger partial charge in [-0.3, -0.25) is 4.79 Å². The number of carbonyl (C=O) groups excluding carboxylic acids is 1. The average molecular weight is 350 g/mol. The number of aliphatic carboxylic acids is 1. The zero-order valence-corrected chi connectivity index (χ0v) is 15.0. The summed E-state index contributed by atoms with van der Waals surface area (Å²) in [5, 5.41) is 15.0. The van der Waals surface area contributed by atoms with Gasteiger partial charge in [0.1, 0.15) is 5.82 Å². The summed E-state index contributed by atoms with van der Waals surface area (Å²) >= 11 is 0. The van der Waals surface area contributed by atoms with E-state index in [9.17, 15) is 14.0 Å². The van der Waals surface area contributed by atoms with Gasteiger partial charge in [0.25, 0.3) is 0 Å². The average Bonchev–Trinajstić information content (AvgIpc) is 2.53. The van der Waals surface area contributed by atoms with E-state index in [1.807, 2.05) is 20.8 Å². The quantitative estimate of drug-likeness (QED) is 0.772. The van der Waals surface area contributed by atoms with Crippen LogP contribution in [0, 0.1) is 17.2 Å². The van der Waals surface area contributed by atoms with Crippen molar-refractivity contribution in [2.24, 2.45) is 11.3 Å². The topological polar surface area (TPSA) is 78.4 Å². The largest absolute Gasteiger partial charge is 0.481 e. The smallest absolute Gasteiger partial charge is 0.315 e. The fourth-order valence-electron chi connectivity index (χ4n) is 3.30. The summed E-state index contributed by atoms with van der Waals surface area (Å²) < 4.78 is 13.2. The van der Waals surface area contributed by atoms with Gasteiger partial charge in [-0.2, -0.15) is 0 Å². The van der Waals surface area contributed by atoms with Gasteiger partial charge in [-0.15, -0.1) is 0 Å². The van der Waals surface area contributed by atoms with Crippen molar-refractivity contribution in [1.82, 2.24) is 10.6 Å². The number of benzene rings is 1. The van der Waals surface area contributed by atoms with Crippen LogP contribution >= 0.6 is 0 Å². The molecule has 6 heteroatoms. The van der Waals surface area contributed by atoms with Crippen LogP contribution in [0.2, 0.25) is 0 Å². The molecular weight excluding hydrogens is 323 g/mol. The first-order valence-corrected chi connectivity index (χ1v) is 8.72. The molecule has 2 amide bonds. The van der Waals surface area contributed by atoms with E-state index in [0.29, 0.717) is 25.7 Å². The number of carbonyl (C=O) groups is 2. The van der Waals surface area contributed by atoms with Crippen LogP contribution in [0.4, 0.5) is 9.18 Å². The Morgan fingerprint density at radius 1 is 1.12 bits per heavy atom. The number of carboxylic acid groups (broad SMARTS) is 1. The van der Waals surface area contributed by atoms with E-state index in [1.54, 1.807) is 12.1 Å². The van der Waals surface area contributed by atoms with Crippen LogP contribution in [-0.2, 0) is 4.79 Å². The molecule has 0 bridgehead atoms. The number of halogens is 1. The standard InChI is InChI=1S/C19H27FN2O3/c1-19(2,3)16(12-4-8-14(20)9-5-12)22-18(25)21-15-10-6-13(7-11-15)17(23)24/h4-5,8-9,13,15-16H,6-7,10-11H2,1-3H3,(H,23,24)(H2,21,22,25). The second-order valence-corrected chi connectivity index (χ2v) is 7.86. The summed E-state index contributed by atoms with van der Waals surface area (Å²) in [5.41, 5.74) is 0.606. The Bertz CT molecular complexity index is 602. The molecule has 0 radical (unpaired) electrons. The molecule has 1 aromatic rings. The third kappa shape index (κ3) is 5.44. The lowest BCUT2D eigenvalue weighted by Crippen LogP contribution is -2.47. The highest BCUT2D eigenvalue weighted by atomic mass is 19.1. The minimum absolute atomic E-state index is 0.00978. The Morgan fingerprint density at radius 3 is 2.16 bits per heavy atom. The van der Waals surface area contributed by atoms with Gasteiger partial charge in [0.15, 0.2) is 0 Å². The molecule has 2 rings (SSSR count). The van der Waals surface area contributed by atoms with Crippen molar-refractivity contribution in [2.45, 2.75) is 58.5 Å². The summed E-state index contributed by atoms with van der Waals surface area (Å²) in [6, 6.07) is 5.60. The number of carboxylic acids is 1. The van der Waals surface area contributed by atoms with E-state index in [4.69, 9.17) is 5.11 Å². The second-order valence-electron chi connectivity index (χ2n) is 7.86. The van der Waals surface area contributed by atoms with E-state index in [-0.39, 0.29) is 35.3 Å². The number of hydrogen-bond donors (Lipinski definition) is 3. The molecule has 1 fully saturated rings. The molecule has 25 heavy (non-hydrogen) atoms. The SMILES string of the molecule is CC(C)(C)C(NC(=O)NC1CCC(C(=O)O)CC1)c1ccc(F)cc1. The first-order chi connectivity index (χ1) is 11.7. The van der Waals surface area contributed by atoms with Gasteiger partial charge < -0.3 is 15.7 Å². The molecule has 0 saturated heterocycles. The lowest BCUT2D eigenvalue weighted by Gasteiger charge is -2.33. The minimum Gasteiger partial charge on any atom is -0.481 e. The summed E-state index contributed by atoms with van der Waals surface area (Å²) in [7, 11) is 0. The summed E-state index contributed by atoms with van der Waals surface area (Å²) in [6.07, 6.45) is 2.50. The van der Waals surface area contributed by atoms with E-state index in [0.717, 1.165) is 5.56 Å². The molecular formula is C19H27FN2O3. The van der Waals surface area contributed by atoms with Gasteiger partial charge >= 0.3 is 12.0 Å². The first-order valence-electron chi connectivity index (χ1n) is 8.72. The summed E-state index contributed by atoms with van der Waals surface area (Å²) in [6.45, 7) is 6.04. The van der Waals surface area contributed by atoms with Crippen LogP contribution < -0.4 is 10.6 Å². The van der Waals surface area contributed by atoms with E-state index >= 15 is 0 Å². The van der Waals surface area contributed by atoms with Crippen molar-refractivity contribution in [3.8, 4) is 0 Å². The Morgan fingerprint density at radius 2 is 1.68 bits per heavy atom. The zero-order chi connectivity index (χ0) is 18.6. The number of amides is 2. The van der Waals surface area contributed by atoms with Crippen LogP contribution in [-0.4, -0.2) is 23.1 Å². The van der Waals surface area contributed by atoms with Crippen molar-refractivity contribution in [2.75, 3.05) is 0 Å². The van der Waals surface area contributed by atoms with Crippen molar-refractivity contribution in [3.63, 3.8) is 0 Å². The molecule has 3 N–H and O–H groups in total. The van der Waals surface area contributed by atoms with Crippen LogP contribution in [0.25, 0.3) is 0 Å². The fourth-order valence-corrected chi connectivity index (χ4v) is 3.30. The maximum Gasteiger partial charge on any atom is 0.315 e. The lowest BCUT2D eigenvalue weighted by atomic mass is 9.82. The molecule has 1 unspecified atom stereocenters. The van der Waals surface area contributed by atoms with Crippen LogP contribution in [0.15, 0.2) is 24.3 Å². The summed E-state index contributed by atoms with van der Waals surface area (Å²) in [5.74, 6) is -1.37. The molecule has 138 valence electrons. The highest BCUT2D eigenvalue weighted by Crippen LogP contribution is 2.33. The van der Waals surface area contributed by atoms with Crippen LogP contribution in [0.5, 0.6) is 0 Å². The molecule has 1 atom stereocenters. The Balaban J connectivity index is 1.96. The van der Waals surface area contributed by atoms with E-state index in [1.165, 1.54) is 12.1 Å². The van der Waals surface area contributed by atoms with Crippen molar-refractivity contribution < 1.29 is 19.1 Å². The molecule has 0 spiro atoms. The zero-order valence-electron chi connectivity index (χ0n) is 15.0. The number of urea groups is 1. The van der Waals surface area contributed by atoms with Crippen molar-refractivity contribution in [1.29, 1.82) is 0 Å². The number of rotatable bonds is 4. The molecule has 1 aromatic carbocycles. The van der Waals surface area contributed by atoms with Crippen LogP contribution in [0.3, 0.4) is 0 Å². The Kier molecular flexibility index (Phi) is 6.03. The predicted octanol–water partition coefficient (Wildman–Crippen LogP) is 3.86. The summed E-state index contributed by atoms with van der Waals surface area (Å²) in [4.78, 5) is 23.4. The lowest BCUT2D eigenvalue weighted by molar-refractivity contribution is -0.142. The van der Waals surface area contributed by atoms with Crippen molar-refractivity contribution >= 4 is 12.0 Å². The van der Waals surface area contributed by atoms with Gasteiger partial charge in [-0.25, -0.2) is 9.18 Å². The number of hydrogen-bond acceptors (Lipinski definition) is 2. The van der Waals surface area contributed by atoms with Gasteiger partial charge in [0.05, 0.1) is 12.0 Å².